The number of pyridine rings is 1. The molecular weight excluding hydrogens is 271 g/mol. The highest BCUT2D eigenvalue weighted by atomic mass is 19.1. The van der Waals surface area contributed by atoms with Gasteiger partial charge in [0.2, 0.25) is 0 Å². The largest absolute Gasteiger partial charge is 0.478 e. The minimum atomic E-state index is -0.731. The Bertz CT molecular complexity index is 590. The minimum absolute atomic E-state index is 0.0809. The van der Waals surface area contributed by atoms with Crippen molar-refractivity contribution in [1.82, 2.24) is 10.3 Å². The van der Waals surface area contributed by atoms with E-state index in [1.807, 2.05) is 25.1 Å². The number of benzene rings is 1. The Morgan fingerprint density at radius 1 is 1.29 bits per heavy atom. The summed E-state index contributed by atoms with van der Waals surface area (Å²) in [4.78, 5) is 16.2. The van der Waals surface area contributed by atoms with Crippen LogP contribution in [0.2, 0.25) is 0 Å². The summed E-state index contributed by atoms with van der Waals surface area (Å²) >= 11 is 0. The Morgan fingerprint density at radius 2 is 2.05 bits per heavy atom. The Kier molecular flexibility index (Phi) is 5.26. The molecule has 0 aliphatic rings. The van der Waals surface area contributed by atoms with Crippen molar-refractivity contribution in [2.45, 2.75) is 26.0 Å². The van der Waals surface area contributed by atoms with Crippen molar-refractivity contribution in [1.29, 1.82) is 0 Å². The fraction of sp³-hybridized carbons (Fsp3) is 0.250. The number of halogens is 1. The van der Waals surface area contributed by atoms with E-state index in [1.165, 1.54) is 12.1 Å². The lowest BCUT2D eigenvalue weighted by Gasteiger charge is -2.17. The Labute approximate surface area is 123 Å². The first-order chi connectivity index (χ1) is 10.2. The van der Waals surface area contributed by atoms with Crippen molar-refractivity contribution in [2.24, 2.45) is 0 Å². The van der Waals surface area contributed by atoms with Gasteiger partial charge in [0.05, 0.1) is 12.2 Å². The molecule has 0 saturated carbocycles. The summed E-state index contributed by atoms with van der Waals surface area (Å²) < 4.78 is 19.0. The highest BCUT2D eigenvalue weighted by Gasteiger charge is 2.19. The van der Waals surface area contributed by atoms with Gasteiger partial charge < -0.3 is 10.1 Å². The zero-order chi connectivity index (χ0) is 15.1. The van der Waals surface area contributed by atoms with Gasteiger partial charge in [-0.05, 0) is 30.7 Å². The van der Waals surface area contributed by atoms with E-state index in [4.69, 9.17) is 4.74 Å². The summed E-state index contributed by atoms with van der Waals surface area (Å²) in [7, 11) is 0. The molecule has 1 heterocycles. The Balaban J connectivity index is 1.94. The van der Waals surface area contributed by atoms with E-state index >= 15 is 0 Å². The number of amides is 1. The first-order valence-electron chi connectivity index (χ1n) is 6.79. The van der Waals surface area contributed by atoms with Crippen molar-refractivity contribution >= 4 is 5.91 Å². The van der Waals surface area contributed by atoms with Gasteiger partial charge in [-0.3, -0.25) is 9.78 Å². The van der Waals surface area contributed by atoms with Crippen LogP contribution >= 0.6 is 0 Å². The fourth-order valence-corrected chi connectivity index (χ4v) is 1.81. The third-order valence-corrected chi connectivity index (χ3v) is 2.94. The number of ether oxygens (including phenoxy) is 1. The molecule has 1 aromatic carbocycles. The summed E-state index contributed by atoms with van der Waals surface area (Å²) in [5.74, 6) is -0.683. The molecule has 0 saturated heterocycles. The first-order valence-corrected chi connectivity index (χ1v) is 6.79. The van der Waals surface area contributed by atoms with Crippen LogP contribution in [0.15, 0.2) is 48.7 Å². The standard InChI is InChI=1S/C16H17FN2O2/c1-2-14(21-15-9-4-3-8-13(15)17)16(20)19-11-12-7-5-6-10-18-12/h3-10,14H,2,11H2,1H3,(H,19,20)/t14-/m0/s1. The normalized spacial score (nSPS) is 11.7. The van der Waals surface area contributed by atoms with E-state index in [0.717, 1.165) is 5.69 Å². The molecule has 0 spiro atoms. The molecule has 21 heavy (non-hydrogen) atoms. The smallest absolute Gasteiger partial charge is 0.261 e. The number of carbonyl (C=O) groups is 1. The average molecular weight is 288 g/mol. The molecule has 5 heteroatoms. The number of nitrogens with one attached hydrogen (secondary N) is 1. The zero-order valence-electron chi connectivity index (χ0n) is 11.8. The minimum Gasteiger partial charge on any atom is -0.478 e. The second-order valence-electron chi connectivity index (χ2n) is 4.48. The van der Waals surface area contributed by atoms with E-state index < -0.39 is 11.9 Å². The SMILES string of the molecule is CC[C@H](Oc1ccccc1F)C(=O)NCc1ccccn1. The topological polar surface area (TPSA) is 51.2 Å². The fourth-order valence-electron chi connectivity index (χ4n) is 1.81. The highest BCUT2D eigenvalue weighted by Crippen LogP contribution is 2.18. The van der Waals surface area contributed by atoms with Crippen LogP contribution in [0, 0.1) is 5.82 Å². The molecule has 2 aromatic rings. The van der Waals surface area contributed by atoms with E-state index in [2.05, 4.69) is 10.3 Å². The second kappa shape index (κ2) is 7.38. The van der Waals surface area contributed by atoms with Crippen LogP contribution in [0.25, 0.3) is 0 Å². The summed E-state index contributed by atoms with van der Waals surface area (Å²) in [6.07, 6.45) is 1.38. The quantitative estimate of drug-likeness (QED) is 0.889. The number of nitrogens with zero attached hydrogens (tertiary/aromatic N) is 1. The van der Waals surface area contributed by atoms with E-state index in [0.29, 0.717) is 13.0 Å². The van der Waals surface area contributed by atoms with E-state index in [9.17, 15) is 9.18 Å². The van der Waals surface area contributed by atoms with Crippen LogP contribution < -0.4 is 10.1 Å². The van der Waals surface area contributed by atoms with Crippen LogP contribution in [-0.4, -0.2) is 17.0 Å². The lowest BCUT2D eigenvalue weighted by Crippen LogP contribution is -2.37. The molecule has 0 aliphatic carbocycles. The number of hydrogen-bond acceptors (Lipinski definition) is 3. The third kappa shape index (κ3) is 4.27. The van der Waals surface area contributed by atoms with E-state index in [1.54, 1.807) is 18.3 Å². The lowest BCUT2D eigenvalue weighted by molar-refractivity contribution is -0.128. The third-order valence-electron chi connectivity index (χ3n) is 2.94. The van der Waals surface area contributed by atoms with Gasteiger partial charge in [-0.25, -0.2) is 4.39 Å². The van der Waals surface area contributed by atoms with Crippen molar-refractivity contribution in [3.63, 3.8) is 0 Å². The van der Waals surface area contributed by atoms with Crippen LogP contribution in [0.1, 0.15) is 19.0 Å². The number of para-hydroxylation sites is 1. The Morgan fingerprint density at radius 3 is 2.71 bits per heavy atom. The average Bonchev–Trinajstić information content (AvgIpc) is 2.53. The van der Waals surface area contributed by atoms with Gasteiger partial charge in [0.25, 0.3) is 5.91 Å². The van der Waals surface area contributed by atoms with Gasteiger partial charge in [-0.15, -0.1) is 0 Å². The molecule has 1 amide bonds. The van der Waals surface area contributed by atoms with E-state index in [-0.39, 0.29) is 11.7 Å². The van der Waals surface area contributed by atoms with Gasteiger partial charge in [-0.2, -0.15) is 0 Å². The molecule has 0 fully saturated rings. The van der Waals surface area contributed by atoms with Crippen LogP contribution in [0.5, 0.6) is 5.75 Å². The molecule has 110 valence electrons. The second-order valence-corrected chi connectivity index (χ2v) is 4.48. The number of carbonyl (C=O) groups excluding carboxylic acids is 1. The molecule has 0 unspecified atom stereocenters. The maximum absolute atomic E-state index is 13.5. The van der Waals surface area contributed by atoms with Gasteiger partial charge in [0.15, 0.2) is 17.7 Å². The highest BCUT2D eigenvalue weighted by molar-refractivity contribution is 5.81. The predicted molar refractivity (Wildman–Crippen MR) is 77.2 cm³/mol. The van der Waals surface area contributed by atoms with Gasteiger partial charge in [0, 0.05) is 6.20 Å². The van der Waals surface area contributed by atoms with Crippen LogP contribution in [0.4, 0.5) is 4.39 Å². The first kappa shape index (κ1) is 15.0. The molecule has 0 bridgehead atoms. The molecule has 0 radical (unpaired) electrons. The van der Waals surface area contributed by atoms with Crippen molar-refractivity contribution < 1.29 is 13.9 Å². The van der Waals surface area contributed by atoms with Crippen molar-refractivity contribution in [3.05, 3.63) is 60.2 Å². The number of rotatable bonds is 6. The monoisotopic (exact) mass is 288 g/mol. The molecule has 1 atom stereocenters. The molecule has 2 rings (SSSR count). The maximum Gasteiger partial charge on any atom is 0.261 e. The zero-order valence-corrected chi connectivity index (χ0v) is 11.8. The lowest BCUT2D eigenvalue weighted by atomic mass is 10.2. The molecular formula is C16H17FN2O2. The predicted octanol–water partition coefficient (Wildman–Crippen LogP) is 2.69. The van der Waals surface area contributed by atoms with Gasteiger partial charge in [0.1, 0.15) is 0 Å². The Hall–Kier alpha value is -2.43. The maximum atomic E-state index is 13.5. The van der Waals surface area contributed by atoms with Crippen molar-refractivity contribution in [3.8, 4) is 5.75 Å². The van der Waals surface area contributed by atoms with Gasteiger partial charge in [-0.1, -0.05) is 25.1 Å². The summed E-state index contributed by atoms with van der Waals surface area (Å²) in [6.45, 7) is 2.13. The number of hydrogen-bond donors (Lipinski definition) is 1. The summed E-state index contributed by atoms with van der Waals surface area (Å²) in [5.41, 5.74) is 0.756. The molecule has 0 aliphatic heterocycles. The number of aromatic nitrogens is 1. The summed E-state index contributed by atoms with van der Waals surface area (Å²) in [5, 5.41) is 2.74. The van der Waals surface area contributed by atoms with Crippen LogP contribution in [-0.2, 0) is 11.3 Å². The molecule has 4 nitrogen and oxygen atoms in total. The molecule has 1 N–H and O–H groups in total. The summed E-state index contributed by atoms with van der Waals surface area (Å²) in [6, 6.07) is 11.5. The van der Waals surface area contributed by atoms with Gasteiger partial charge >= 0.3 is 0 Å². The van der Waals surface area contributed by atoms with Crippen LogP contribution in [0.3, 0.4) is 0 Å². The van der Waals surface area contributed by atoms with Crippen molar-refractivity contribution in [2.75, 3.05) is 0 Å². The molecule has 1 aromatic heterocycles.